The Morgan fingerprint density at radius 2 is 1.95 bits per heavy atom. The molecule has 0 amide bonds. The Labute approximate surface area is 122 Å². The van der Waals surface area contributed by atoms with Gasteiger partial charge in [0.25, 0.3) is 0 Å². The average Bonchev–Trinajstić information content (AvgIpc) is 2.76. The summed E-state index contributed by atoms with van der Waals surface area (Å²) < 4.78 is 1.98. The molecule has 4 heteroatoms. The van der Waals surface area contributed by atoms with E-state index >= 15 is 0 Å². The second-order valence-corrected chi connectivity index (χ2v) is 5.08. The number of benzene rings is 2. The standard InChI is InChI=1S/C16H12ClN3/c1-11-3-8-14-15(9-11)20(16(17)19-14)10-12-4-6-13(18-2)7-5-12/h3-9H,10H2,1H3. The molecule has 0 bridgehead atoms. The van der Waals surface area contributed by atoms with Gasteiger partial charge in [-0.05, 0) is 41.8 Å². The minimum atomic E-state index is 0.486. The molecule has 1 heterocycles. The minimum Gasteiger partial charge on any atom is -0.310 e. The van der Waals surface area contributed by atoms with Crippen LogP contribution in [0.4, 0.5) is 5.69 Å². The fraction of sp³-hybridized carbons (Fsp3) is 0.125. The molecule has 0 unspecified atom stereocenters. The first kappa shape index (κ1) is 12.7. The molecule has 0 N–H and O–H groups in total. The first-order chi connectivity index (χ1) is 9.67. The van der Waals surface area contributed by atoms with E-state index in [1.807, 2.05) is 41.0 Å². The van der Waals surface area contributed by atoms with Gasteiger partial charge in [-0.3, -0.25) is 0 Å². The molecule has 0 atom stereocenters. The summed E-state index contributed by atoms with van der Waals surface area (Å²) in [6.07, 6.45) is 0. The van der Waals surface area contributed by atoms with Gasteiger partial charge in [0.1, 0.15) is 0 Å². The summed E-state index contributed by atoms with van der Waals surface area (Å²) in [4.78, 5) is 7.76. The number of halogens is 1. The number of fused-ring (bicyclic) bond motifs is 1. The topological polar surface area (TPSA) is 22.2 Å². The van der Waals surface area contributed by atoms with Gasteiger partial charge in [-0.1, -0.05) is 30.3 Å². The van der Waals surface area contributed by atoms with Gasteiger partial charge in [0.05, 0.1) is 24.2 Å². The molecule has 20 heavy (non-hydrogen) atoms. The third-order valence-electron chi connectivity index (χ3n) is 3.26. The monoisotopic (exact) mass is 281 g/mol. The number of aryl methyl sites for hydroxylation is 1. The fourth-order valence-electron chi connectivity index (χ4n) is 2.21. The van der Waals surface area contributed by atoms with Crippen molar-refractivity contribution in [2.45, 2.75) is 13.5 Å². The summed E-state index contributed by atoms with van der Waals surface area (Å²) in [6, 6.07) is 13.6. The van der Waals surface area contributed by atoms with Gasteiger partial charge in [-0.2, -0.15) is 0 Å². The molecule has 0 aliphatic rings. The Balaban J connectivity index is 2.03. The molecule has 3 rings (SSSR count). The van der Waals surface area contributed by atoms with E-state index in [0.717, 1.165) is 16.6 Å². The van der Waals surface area contributed by atoms with Crippen molar-refractivity contribution >= 4 is 28.3 Å². The van der Waals surface area contributed by atoms with Crippen LogP contribution >= 0.6 is 11.6 Å². The molecule has 0 radical (unpaired) electrons. The summed E-state index contributed by atoms with van der Waals surface area (Å²) in [5.41, 5.74) is 4.85. The lowest BCUT2D eigenvalue weighted by molar-refractivity contribution is 0.825. The van der Waals surface area contributed by atoms with E-state index in [1.54, 1.807) is 0 Å². The zero-order valence-corrected chi connectivity index (χ0v) is 11.7. The van der Waals surface area contributed by atoms with Crippen LogP contribution in [-0.2, 0) is 6.54 Å². The summed E-state index contributed by atoms with van der Waals surface area (Å²) >= 11 is 6.23. The van der Waals surface area contributed by atoms with Crippen molar-refractivity contribution in [3.05, 3.63) is 70.3 Å². The quantitative estimate of drug-likeness (QED) is 0.629. The van der Waals surface area contributed by atoms with Crippen LogP contribution in [0.2, 0.25) is 5.28 Å². The largest absolute Gasteiger partial charge is 0.310 e. The zero-order valence-electron chi connectivity index (χ0n) is 11.0. The molecule has 0 saturated heterocycles. The van der Waals surface area contributed by atoms with Gasteiger partial charge in [0, 0.05) is 0 Å². The van der Waals surface area contributed by atoms with Gasteiger partial charge in [0.2, 0.25) is 5.28 Å². The average molecular weight is 282 g/mol. The molecule has 0 saturated carbocycles. The molecule has 3 nitrogen and oxygen atoms in total. The summed E-state index contributed by atoms with van der Waals surface area (Å²) in [5.74, 6) is 0. The van der Waals surface area contributed by atoms with Crippen LogP contribution < -0.4 is 0 Å². The second kappa shape index (κ2) is 4.99. The smallest absolute Gasteiger partial charge is 0.204 e. The summed E-state index contributed by atoms with van der Waals surface area (Å²) in [6.45, 7) is 9.67. The van der Waals surface area contributed by atoms with Crippen molar-refractivity contribution in [2.24, 2.45) is 0 Å². The number of hydrogen-bond acceptors (Lipinski definition) is 1. The summed E-state index contributed by atoms with van der Waals surface area (Å²) in [7, 11) is 0. The number of hydrogen-bond donors (Lipinski definition) is 0. The lowest BCUT2D eigenvalue weighted by atomic mass is 10.2. The molecule has 3 aromatic rings. The van der Waals surface area contributed by atoms with E-state index in [9.17, 15) is 0 Å². The first-order valence-electron chi connectivity index (χ1n) is 6.26. The Morgan fingerprint density at radius 3 is 2.65 bits per heavy atom. The van der Waals surface area contributed by atoms with Crippen LogP contribution in [0.3, 0.4) is 0 Å². The van der Waals surface area contributed by atoms with Crippen LogP contribution in [0.15, 0.2) is 42.5 Å². The predicted molar refractivity (Wildman–Crippen MR) is 81.3 cm³/mol. The number of nitrogens with zero attached hydrogens (tertiary/aromatic N) is 3. The van der Waals surface area contributed by atoms with Crippen molar-refractivity contribution in [1.82, 2.24) is 9.55 Å². The van der Waals surface area contributed by atoms with Crippen molar-refractivity contribution in [2.75, 3.05) is 0 Å². The van der Waals surface area contributed by atoms with Crippen molar-refractivity contribution < 1.29 is 0 Å². The Hall–Kier alpha value is -2.31. The number of imidazole rings is 1. The normalized spacial score (nSPS) is 10.7. The maximum Gasteiger partial charge on any atom is 0.204 e. The minimum absolute atomic E-state index is 0.486. The van der Waals surface area contributed by atoms with Gasteiger partial charge >= 0.3 is 0 Å². The van der Waals surface area contributed by atoms with Crippen molar-refractivity contribution in [3.63, 3.8) is 0 Å². The van der Waals surface area contributed by atoms with E-state index in [2.05, 4.69) is 22.8 Å². The highest BCUT2D eigenvalue weighted by molar-refractivity contribution is 6.29. The van der Waals surface area contributed by atoms with Gasteiger partial charge in [0.15, 0.2) is 5.69 Å². The Morgan fingerprint density at radius 1 is 1.20 bits per heavy atom. The number of aromatic nitrogens is 2. The number of rotatable bonds is 2. The highest BCUT2D eigenvalue weighted by atomic mass is 35.5. The van der Waals surface area contributed by atoms with Crippen LogP contribution in [0.5, 0.6) is 0 Å². The maximum absolute atomic E-state index is 6.96. The molecule has 0 spiro atoms. The summed E-state index contributed by atoms with van der Waals surface area (Å²) in [5, 5.41) is 0.486. The molecule has 0 aliphatic carbocycles. The molecule has 0 aliphatic heterocycles. The van der Waals surface area contributed by atoms with Crippen LogP contribution in [0, 0.1) is 13.5 Å². The van der Waals surface area contributed by atoms with E-state index in [1.165, 1.54) is 5.56 Å². The SMILES string of the molecule is [C-]#[N+]c1ccc(Cn2c(Cl)nc3ccc(C)cc32)cc1. The maximum atomic E-state index is 6.96. The highest BCUT2D eigenvalue weighted by Crippen LogP contribution is 2.23. The molecule has 2 aromatic carbocycles. The van der Waals surface area contributed by atoms with E-state index < -0.39 is 0 Å². The molecule has 1 aromatic heterocycles. The molecular weight excluding hydrogens is 270 g/mol. The highest BCUT2D eigenvalue weighted by Gasteiger charge is 2.09. The van der Waals surface area contributed by atoms with Crippen LogP contribution in [0.25, 0.3) is 15.9 Å². The van der Waals surface area contributed by atoms with Crippen molar-refractivity contribution in [1.29, 1.82) is 0 Å². The third kappa shape index (κ3) is 2.26. The lowest BCUT2D eigenvalue weighted by Crippen LogP contribution is -1.99. The predicted octanol–water partition coefficient (Wildman–Crippen LogP) is 4.60. The Kier molecular flexibility index (Phi) is 3.17. The van der Waals surface area contributed by atoms with Gasteiger partial charge in [-0.15, -0.1) is 0 Å². The Bertz CT molecular complexity index is 810. The third-order valence-corrected chi connectivity index (χ3v) is 3.55. The molecule has 98 valence electrons. The van der Waals surface area contributed by atoms with Crippen LogP contribution in [-0.4, -0.2) is 9.55 Å². The molecular formula is C16H12ClN3. The van der Waals surface area contributed by atoms with Crippen LogP contribution in [0.1, 0.15) is 11.1 Å². The first-order valence-corrected chi connectivity index (χ1v) is 6.64. The van der Waals surface area contributed by atoms with Crippen molar-refractivity contribution in [3.8, 4) is 0 Å². The van der Waals surface area contributed by atoms with E-state index in [-0.39, 0.29) is 0 Å². The zero-order chi connectivity index (χ0) is 14.1. The van der Waals surface area contributed by atoms with Gasteiger partial charge < -0.3 is 4.57 Å². The van der Waals surface area contributed by atoms with E-state index in [0.29, 0.717) is 17.5 Å². The fourth-order valence-corrected chi connectivity index (χ4v) is 2.45. The second-order valence-electron chi connectivity index (χ2n) is 4.74. The molecule has 0 fully saturated rings. The van der Waals surface area contributed by atoms with E-state index in [4.69, 9.17) is 18.2 Å². The van der Waals surface area contributed by atoms with Gasteiger partial charge in [-0.25, -0.2) is 9.83 Å². The lowest BCUT2D eigenvalue weighted by Gasteiger charge is -2.06.